The largest absolute Gasteiger partial charge is 0.360 e. The third kappa shape index (κ3) is 2.44. The molecule has 4 nitrogen and oxygen atoms in total. The van der Waals surface area contributed by atoms with E-state index in [-0.39, 0.29) is 5.82 Å². The van der Waals surface area contributed by atoms with E-state index in [4.69, 9.17) is 4.52 Å². The van der Waals surface area contributed by atoms with Gasteiger partial charge in [0, 0.05) is 41.8 Å². The molecule has 112 valence electrons. The Bertz CT molecular complexity index is 820. The van der Waals surface area contributed by atoms with Crippen LogP contribution in [0.15, 0.2) is 47.3 Å². The van der Waals surface area contributed by atoms with Crippen molar-refractivity contribution >= 4 is 16.5 Å². The average molecular weight is 297 g/mol. The fourth-order valence-corrected chi connectivity index (χ4v) is 3.01. The Labute approximate surface area is 127 Å². The third-order valence-electron chi connectivity index (χ3n) is 4.15. The van der Waals surface area contributed by atoms with Gasteiger partial charge in [-0.15, -0.1) is 0 Å². The number of rotatable bonds is 3. The van der Waals surface area contributed by atoms with Crippen LogP contribution in [0.4, 0.5) is 4.39 Å². The first-order valence-corrected chi connectivity index (χ1v) is 7.37. The first-order valence-electron chi connectivity index (χ1n) is 7.37. The molecule has 1 aromatic carbocycles. The number of benzene rings is 1. The fraction of sp³-hybridized carbons (Fsp3) is 0.235. The number of nitrogens with zero attached hydrogens (tertiary/aromatic N) is 2. The van der Waals surface area contributed by atoms with Crippen LogP contribution in [0.3, 0.4) is 0 Å². The summed E-state index contributed by atoms with van der Waals surface area (Å²) in [7, 11) is 0. The highest BCUT2D eigenvalue weighted by Crippen LogP contribution is 2.29. The fourth-order valence-electron chi connectivity index (χ4n) is 3.01. The van der Waals surface area contributed by atoms with Gasteiger partial charge >= 0.3 is 0 Å². The Kier molecular flexibility index (Phi) is 3.27. The summed E-state index contributed by atoms with van der Waals surface area (Å²) in [4.78, 5) is 5.47. The minimum Gasteiger partial charge on any atom is -0.360 e. The third-order valence-corrected chi connectivity index (χ3v) is 4.15. The second-order valence-corrected chi connectivity index (χ2v) is 5.59. The second kappa shape index (κ2) is 5.42. The Balaban J connectivity index is 1.54. The Morgan fingerprint density at radius 3 is 3.05 bits per heavy atom. The lowest BCUT2D eigenvalue weighted by Gasteiger charge is -2.25. The van der Waals surface area contributed by atoms with E-state index in [2.05, 4.69) is 21.1 Å². The Morgan fingerprint density at radius 2 is 2.27 bits per heavy atom. The van der Waals surface area contributed by atoms with E-state index in [1.165, 1.54) is 17.2 Å². The van der Waals surface area contributed by atoms with E-state index in [0.717, 1.165) is 42.7 Å². The number of aromatic amines is 1. The van der Waals surface area contributed by atoms with Crippen molar-refractivity contribution in [2.75, 3.05) is 13.1 Å². The molecule has 0 spiro atoms. The number of nitrogens with one attached hydrogen (secondary N) is 1. The molecular formula is C17H16FN3O. The molecule has 0 saturated heterocycles. The van der Waals surface area contributed by atoms with Crippen LogP contribution < -0.4 is 0 Å². The van der Waals surface area contributed by atoms with Crippen LogP contribution in [-0.4, -0.2) is 28.1 Å². The highest BCUT2D eigenvalue weighted by molar-refractivity contribution is 5.92. The van der Waals surface area contributed by atoms with Crippen LogP contribution in [-0.2, 0) is 6.54 Å². The van der Waals surface area contributed by atoms with Gasteiger partial charge in [-0.25, -0.2) is 4.39 Å². The van der Waals surface area contributed by atoms with E-state index >= 15 is 0 Å². The predicted octanol–water partition coefficient (Wildman–Crippen LogP) is 3.58. The molecule has 1 aliphatic rings. The van der Waals surface area contributed by atoms with Crippen LogP contribution in [0.5, 0.6) is 0 Å². The van der Waals surface area contributed by atoms with Gasteiger partial charge in [0.05, 0.1) is 12.7 Å². The van der Waals surface area contributed by atoms with Crippen LogP contribution in [0, 0.1) is 5.82 Å². The summed E-state index contributed by atoms with van der Waals surface area (Å²) < 4.78 is 18.4. The van der Waals surface area contributed by atoms with Gasteiger partial charge in [0.2, 0.25) is 0 Å². The topological polar surface area (TPSA) is 45.1 Å². The zero-order valence-electron chi connectivity index (χ0n) is 12.1. The molecule has 0 radical (unpaired) electrons. The second-order valence-electron chi connectivity index (χ2n) is 5.59. The van der Waals surface area contributed by atoms with Crippen molar-refractivity contribution in [2.24, 2.45) is 0 Å². The molecule has 0 fully saturated rings. The van der Waals surface area contributed by atoms with Crippen molar-refractivity contribution in [3.05, 3.63) is 59.9 Å². The van der Waals surface area contributed by atoms with Crippen LogP contribution in [0.1, 0.15) is 17.7 Å². The Morgan fingerprint density at radius 1 is 1.32 bits per heavy atom. The van der Waals surface area contributed by atoms with E-state index in [1.54, 1.807) is 12.3 Å². The Hall–Kier alpha value is -2.40. The monoisotopic (exact) mass is 297 g/mol. The number of fused-ring (bicyclic) bond motifs is 1. The normalized spacial score (nSPS) is 16.1. The summed E-state index contributed by atoms with van der Waals surface area (Å²) >= 11 is 0. The minimum absolute atomic E-state index is 0.211. The lowest BCUT2D eigenvalue weighted by molar-refractivity contribution is 0.250. The summed E-state index contributed by atoms with van der Waals surface area (Å²) in [6, 6.07) is 6.80. The predicted molar refractivity (Wildman–Crippen MR) is 82.6 cm³/mol. The summed E-state index contributed by atoms with van der Waals surface area (Å²) in [6.45, 7) is 2.63. The van der Waals surface area contributed by atoms with Crippen LogP contribution in [0.25, 0.3) is 16.5 Å². The van der Waals surface area contributed by atoms with Crippen LogP contribution >= 0.6 is 0 Å². The molecule has 4 rings (SSSR count). The lowest BCUT2D eigenvalue weighted by Crippen LogP contribution is -2.27. The summed E-state index contributed by atoms with van der Waals surface area (Å²) in [6.07, 6.45) is 6.86. The molecule has 1 aliphatic heterocycles. The molecule has 3 heterocycles. The highest BCUT2D eigenvalue weighted by Gasteiger charge is 2.16. The molecule has 22 heavy (non-hydrogen) atoms. The first-order chi connectivity index (χ1) is 10.8. The molecule has 0 saturated carbocycles. The molecule has 0 amide bonds. The van der Waals surface area contributed by atoms with Gasteiger partial charge in [-0.2, -0.15) is 0 Å². The van der Waals surface area contributed by atoms with Crippen molar-refractivity contribution in [1.82, 2.24) is 15.0 Å². The van der Waals surface area contributed by atoms with Crippen molar-refractivity contribution in [3.63, 3.8) is 0 Å². The van der Waals surface area contributed by atoms with Gasteiger partial charge in [-0.3, -0.25) is 4.90 Å². The SMILES string of the molecule is Fc1ccc2c(C3=CCN(Cc4ccno4)CC3)c[nH]c2c1. The van der Waals surface area contributed by atoms with Crippen LogP contribution in [0.2, 0.25) is 0 Å². The quantitative estimate of drug-likeness (QED) is 0.803. The summed E-state index contributed by atoms with van der Waals surface area (Å²) in [5, 5.41) is 4.81. The van der Waals surface area contributed by atoms with Gasteiger partial charge in [0.1, 0.15) is 5.82 Å². The van der Waals surface area contributed by atoms with E-state index < -0.39 is 0 Å². The molecule has 0 unspecified atom stereocenters. The average Bonchev–Trinajstić information content (AvgIpc) is 3.17. The lowest BCUT2D eigenvalue weighted by atomic mass is 9.99. The summed E-state index contributed by atoms with van der Waals surface area (Å²) in [5.41, 5.74) is 3.33. The smallest absolute Gasteiger partial charge is 0.150 e. The zero-order chi connectivity index (χ0) is 14.9. The molecule has 5 heteroatoms. The van der Waals surface area contributed by atoms with Gasteiger partial charge in [-0.05, 0) is 30.2 Å². The maximum atomic E-state index is 13.3. The van der Waals surface area contributed by atoms with E-state index in [9.17, 15) is 4.39 Å². The number of halogens is 1. The van der Waals surface area contributed by atoms with Crippen molar-refractivity contribution in [2.45, 2.75) is 13.0 Å². The summed E-state index contributed by atoms with van der Waals surface area (Å²) in [5.74, 6) is 0.677. The van der Waals surface area contributed by atoms with Gasteiger partial charge in [-0.1, -0.05) is 11.2 Å². The van der Waals surface area contributed by atoms with Crippen molar-refractivity contribution < 1.29 is 8.91 Å². The van der Waals surface area contributed by atoms with E-state index in [0.29, 0.717) is 0 Å². The first kappa shape index (κ1) is 13.3. The molecular weight excluding hydrogens is 281 g/mol. The maximum Gasteiger partial charge on any atom is 0.150 e. The number of H-pyrrole nitrogens is 1. The number of hydrogen-bond donors (Lipinski definition) is 1. The maximum absolute atomic E-state index is 13.3. The van der Waals surface area contributed by atoms with Crippen molar-refractivity contribution in [3.8, 4) is 0 Å². The molecule has 0 atom stereocenters. The van der Waals surface area contributed by atoms with E-state index in [1.807, 2.05) is 18.3 Å². The number of hydrogen-bond acceptors (Lipinski definition) is 3. The molecule has 0 aliphatic carbocycles. The molecule has 1 N–H and O–H groups in total. The van der Waals surface area contributed by atoms with Gasteiger partial charge in [0.15, 0.2) is 5.76 Å². The minimum atomic E-state index is -0.211. The zero-order valence-corrected chi connectivity index (χ0v) is 12.1. The number of aromatic nitrogens is 2. The highest BCUT2D eigenvalue weighted by atomic mass is 19.1. The molecule has 3 aromatic rings. The standard InChI is InChI=1S/C17H16FN3O/c18-13-1-2-15-16(10-19-17(15)9-13)12-4-7-21(8-5-12)11-14-3-6-20-22-14/h1-4,6,9-10,19H,5,7-8,11H2. The molecule has 2 aromatic heterocycles. The van der Waals surface area contributed by atoms with Gasteiger partial charge in [0.25, 0.3) is 0 Å². The molecule has 0 bridgehead atoms. The van der Waals surface area contributed by atoms with Gasteiger partial charge < -0.3 is 9.51 Å². The van der Waals surface area contributed by atoms with Crippen molar-refractivity contribution in [1.29, 1.82) is 0 Å².